The van der Waals surface area contributed by atoms with Gasteiger partial charge in [0.2, 0.25) is 5.91 Å². The van der Waals surface area contributed by atoms with E-state index < -0.39 is 6.10 Å². The molecule has 0 aliphatic heterocycles. The van der Waals surface area contributed by atoms with E-state index in [9.17, 15) is 14.7 Å². The van der Waals surface area contributed by atoms with Gasteiger partial charge in [0, 0.05) is 24.0 Å². The number of nitrogens with one attached hydrogen (secondary N) is 1. The van der Waals surface area contributed by atoms with Crippen LogP contribution in [0.2, 0.25) is 0 Å². The van der Waals surface area contributed by atoms with Gasteiger partial charge in [-0.3, -0.25) is 9.59 Å². The fraction of sp³-hybridized carbons (Fsp3) is 0.714. The smallest absolute Gasteiger partial charge is 0.307 e. The SMILES string of the molecule is Cc1csc(=O)n1CCCC(=O)N[C@@H]1CCCC[C@H]1O. The molecule has 0 unspecified atom stereocenters. The number of carbonyl (C=O) groups is 1. The molecule has 0 bridgehead atoms. The summed E-state index contributed by atoms with van der Waals surface area (Å²) in [6.07, 6.45) is 4.36. The molecule has 2 atom stereocenters. The van der Waals surface area contributed by atoms with Crippen LogP contribution in [-0.2, 0) is 11.3 Å². The second kappa shape index (κ2) is 7.04. The Hall–Kier alpha value is -1.14. The lowest BCUT2D eigenvalue weighted by atomic mass is 9.92. The van der Waals surface area contributed by atoms with Crippen LogP contribution >= 0.6 is 11.3 Å². The second-order valence-electron chi connectivity index (χ2n) is 5.42. The monoisotopic (exact) mass is 298 g/mol. The number of aryl methyl sites for hydroxylation is 1. The summed E-state index contributed by atoms with van der Waals surface area (Å²) in [7, 11) is 0. The molecule has 1 heterocycles. The van der Waals surface area contributed by atoms with E-state index in [2.05, 4.69) is 5.32 Å². The van der Waals surface area contributed by atoms with Crippen molar-refractivity contribution in [1.82, 2.24) is 9.88 Å². The summed E-state index contributed by atoms with van der Waals surface area (Å²) >= 11 is 1.19. The zero-order valence-corrected chi connectivity index (χ0v) is 12.6. The average molecular weight is 298 g/mol. The molecular formula is C14H22N2O3S. The molecular weight excluding hydrogens is 276 g/mol. The number of rotatable bonds is 5. The van der Waals surface area contributed by atoms with Crippen LogP contribution in [0.4, 0.5) is 0 Å². The molecule has 1 saturated carbocycles. The molecule has 0 radical (unpaired) electrons. The fourth-order valence-electron chi connectivity index (χ4n) is 2.63. The van der Waals surface area contributed by atoms with Gasteiger partial charge in [-0.15, -0.1) is 0 Å². The molecule has 0 saturated heterocycles. The molecule has 1 aromatic heterocycles. The lowest BCUT2D eigenvalue weighted by Gasteiger charge is -2.28. The van der Waals surface area contributed by atoms with Gasteiger partial charge in [-0.2, -0.15) is 0 Å². The summed E-state index contributed by atoms with van der Waals surface area (Å²) in [5, 5.41) is 14.5. The summed E-state index contributed by atoms with van der Waals surface area (Å²) in [5.74, 6) is -0.0307. The van der Waals surface area contributed by atoms with Gasteiger partial charge in [-0.25, -0.2) is 0 Å². The minimum atomic E-state index is -0.408. The minimum absolute atomic E-state index is 0.0307. The molecule has 1 amide bonds. The molecule has 1 fully saturated rings. The number of carbonyl (C=O) groups excluding carboxylic acids is 1. The number of thiazole rings is 1. The number of hydrogen-bond donors (Lipinski definition) is 2. The van der Waals surface area contributed by atoms with Gasteiger partial charge in [0.15, 0.2) is 0 Å². The Morgan fingerprint density at radius 1 is 1.50 bits per heavy atom. The number of aliphatic hydroxyl groups is 1. The van der Waals surface area contributed by atoms with Crippen molar-refractivity contribution in [3.8, 4) is 0 Å². The van der Waals surface area contributed by atoms with Gasteiger partial charge >= 0.3 is 4.87 Å². The fourth-order valence-corrected chi connectivity index (χ4v) is 3.39. The maximum atomic E-state index is 11.8. The van der Waals surface area contributed by atoms with Crippen LogP contribution in [0.25, 0.3) is 0 Å². The highest BCUT2D eigenvalue weighted by Gasteiger charge is 2.24. The van der Waals surface area contributed by atoms with Crippen LogP contribution in [0, 0.1) is 6.92 Å². The largest absolute Gasteiger partial charge is 0.391 e. The molecule has 6 heteroatoms. The van der Waals surface area contributed by atoms with Crippen molar-refractivity contribution in [1.29, 1.82) is 0 Å². The third kappa shape index (κ3) is 3.93. The number of nitrogens with zero attached hydrogens (tertiary/aromatic N) is 1. The lowest BCUT2D eigenvalue weighted by Crippen LogP contribution is -2.45. The Bertz CT molecular complexity index is 509. The Labute approximate surface area is 122 Å². The number of amides is 1. The van der Waals surface area contributed by atoms with Gasteiger partial charge in [-0.1, -0.05) is 24.2 Å². The summed E-state index contributed by atoms with van der Waals surface area (Å²) in [5.41, 5.74) is 0.947. The van der Waals surface area contributed by atoms with E-state index in [1.54, 1.807) is 4.57 Å². The van der Waals surface area contributed by atoms with Crippen molar-refractivity contribution in [3.05, 3.63) is 20.7 Å². The molecule has 1 aliphatic carbocycles. The maximum Gasteiger partial charge on any atom is 0.307 e. The zero-order chi connectivity index (χ0) is 14.5. The third-order valence-corrected chi connectivity index (χ3v) is 4.72. The molecule has 2 rings (SSSR count). The molecule has 0 spiro atoms. The molecule has 5 nitrogen and oxygen atoms in total. The van der Waals surface area contributed by atoms with Crippen LogP contribution < -0.4 is 10.2 Å². The standard InChI is InChI=1S/C14H22N2O3S/c1-10-9-20-14(19)16(10)8-4-7-13(18)15-11-5-2-3-6-12(11)17/h9,11-12,17H,2-8H2,1H3,(H,15,18)/t11-,12-/m1/s1. The first-order chi connectivity index (χ1) is 9.58. The highest BCUT2D eigenvalue weighted by Crippen LogP contribution is 2.18. The second-order valence-corrected chi connectivity index (χ2v) is 6.24. The summed E-state index contributed by atoms with van der Waals surface area (Å²) in [6, 6.07) is -0.0955. The Morgan fingerprint density at radius 3 is 2.90 bits per heavy atom. The maximum absolute atomic E-state index is 11.8. The first-order valence-corrected chi connectivity index (χ1v) is 8.08. The van der Waals surface area contributed by atoms with Crippen molar-refractivity contribution >= 4 is 17.2 Å². The molecule has 20 heavy (non-hydrogen) atoms. The molecule has 0 aromatic carbocycles. The molecule has 1 aliphatic rings. The van der Waals surface area contributed by atoms with Gasteiger partial charge in [-0.05, 0) is 26.2 Å². The molecule has 112 valence electrons. The van der Waals surface area contributed by atoms with E-state index in [0.717, 1.165) is 31.4 Å². The number of aromatic nitrogens is 1. The van der Waals surface area contributed by atoms with E-state index >= 15 is 0 Å². The summed E-state index contributed by atoms with van der Waals surface area (Å²) in [4.78, 5) is 23.4. The van der Waals surface area contributed by atoms with E-state index in [1.807, 2.05) is 12.3 Å². The van der Waals surface area contributed by atoms with Crippen molar-refractivity contribution in [2.45, 2.75) is 64.1 Å². The van der Waals surface area contributed by atoms with Gasteiger partial charge < -0.3 is 15.0 Å². The van der Waals surface area contributed by atoms with E-state index in [1.165, 1.54) is 11.3 Å². The van der Waals surface area contributed by atoms with Crippen LogP contribution in [0.1, 0.15) is 44.2 Å². The number of hydrogen-bond acceptors (Lipinski definition) is 4. The van der Waals surface area contributed by atoms with Gasteiger partial charge in [0.25, 0.3) is 0 Å². The van der Waals surface area contributed by atoms with Crippen LogP contribution in [0.3, 0.4) is 0 Å². The molecule has 2 N–H and O–H groups in total. The van der Waals surface area contributed by atoms with Gasteiger partial charge in [0.05, 0.1) is 12.1 Å². The highest BCUT2D eigenvalue weighted by atomic mass is 32.1. The molecule has 1 aromatic rings. The van der Waals surface area contributed by atoms with Crippen molar-refractivity contribution < 1.29 is 9.90 Å². The van der Waals surface area contributed by atoms with E-state index in [4.69, 9.17) is 0 Å². The summed E-state index contributed by atoms with van der Waals surface area (Å²) in [6.45, 7) is 2.48. The average Bonchev–Trinajstić information content (AvgIpc) is 2.73. The first-order valence-electron chi connectivity index (χ1n) is 7.20. The highest BCUT2D eigenvalue weighted by molar-refractivity contribution is 7.07. The van der Waals surface area contributed by atoms with Crippen molar-refractivity contribution in [2.75, 3.05) is 0 Å². The van der Waals surface area contributed by atoms with Crippen molar-refractivity contribution in [2.24, 2.45) is 0 Å². The topological polar surface area (TPSA) is 71.3 Å². The summed E-state index contributed by atoms with van der Waals surface area (Å²) < 4.78 is 1.70. The third-order valence-electron chi connectivity index (χ3n) is 3.84. The Balaban J connectivity index is 1.74. The van der Waals surface area contributed by atoms with E-state index in [-0.39, 0.29) is 16.8 Å². The van der Waals surface area contributed by atoms with Crippen molar-refractivity contribution in [3.63, 3.8) is 0 Å². The lowest BCUT2D eigenvalue weighted by molar-refractivity contribution is -0.123. The van der Waals surface area contributed by atoms with Gasteiger partial charge in [0.1, 0.15) is 0 Å². The van der Waals surface area contributed by atoms with Crippen LogP contribution in [0.5, 0.6) is 0 Å². The predicted molar refractivity (Wildman–Crippen MR) is 79.0 cm³/mol. The normalized spacial score (nSPS) is 22.7. The quantitative estimate of drug-likeness (QED) is 0.863. The van der Waals surface area contributed by atoms with Crippen LogP contribution in [-0.4, -0.2) is 27.7 Å². The number of aliphatic hydroxyl groups excluding tert-OH is 1. The minimum Gasteiger partial charge on any atom is -0.391 e. The first kappa shape index (κ1) is 15.3. The van der Waals surface area contributed by atoms with Crippen LogP contribution in [0.15, 0.2) is 10.2 Å². The van der Waals surface area contributed by atoms with E-state index in [0.29, 0.717) is 19.4 Å². The Kier molecular flexibility index (Phi) is 5.37. The Morgan fingerprint density at radius 2 is 2.25 bits per heavy atom. The zero-order valence-electron chi connectivity index (χ0n) is 11.8. The predicted octanol–water partition coefficient (Wildman–Crippen LogP) is 1.42.